The van der Waals surface area contributed by atoms with Gasteiger partial charge in [-0.15, -0.1) is 0 Å². The van der Waals surface area contributed by atoms with Crippen LogP contribution in [-0.2, 0) is 6.42 Å². The first-order chi connectivity index (χ1) is 12.7. The van der Waals surface area contributed by atoms with Crippen LogP contribution in [0.4, 0.5) is 15.8 Å². The minimum Gasteiger partial charge on any atom is -0.341 e. The predicted molar refractivity (Wildman–Crippen MR) is 98.4 cm³/mol. The Balaban J connectivity index is 1.75. The molecular formula is C22H14FN3. The number of nitriles is 2. The molecule has 0 bridgehead atoms. The van der Waals surface area contributed by atoms with Gasteiger partial charge in [0.15, 0.2) is 0 Å². The molecule has 1 aliphatic heterocycles. The summed E-state index contributed by atoms with van der Waals surface area (Å²) in [5.74, 6) is -0.577. The van der Waals surface area contributed by atoms with Gasteiger partial charge in [-0.1, -0.05) is 30.3 Å². The van der Waals surface area contributed by atoms with Gasteiger partial charge in [0.05, 0.1) is 23.3 Å². The smallest absolute Gasteiger partial charge is 0.125 e. The maximum absolute atomic E-state index is 13.6. The topological polar surface area (TPSA) is 50.8 Å². The monoisotopic (exact) mass is 339 g/mol. The third-order valence-electron chi connectivity index (χ3n) is 4.70. The standard InChI is InChI=1S/C22H14FN3/c23-19-11-17(13-24)22(18(12-19)14-25)16-5-7-20(8-6-16)26-10-9-15-3-1-2-4-21(15)26/h1-8,11-12H,9-10H2. The molecule has 1 aliphatic rings. The van der Waals surface area contributed by atoms with Crippen LogP contribution in [0.25, 0.3) is 11.1 Å². The largest absolute Gasteiger partial charge is 0.341 e. The molecule has 0 spiro atoms. The van der Waals surface area contributed by atoms with Crippen molar-refractivity contribution in [2.45, 2.75) is 6.42 Å². The SMILES string of the molecule is N#Cc1cc(F)cc(C#N)c1-c1ccc(N2CCc3ccccc32)cc1. The lowest BCUT2D eigenvalue weighted by atomic mass is 9.95. The second kappa shape index (κ2) is 6.35. The maximum atomic E-state index is 13.6. The minimum absolute atomic E-state index is 0.167. The van der Waals surface area contributed by atoms with E-state index in [2.05, 4.69) is 17.0 Å². The van der Waals surface area contributed by atoms with E-state index in [1.807, 2.05) is 48.5 Å². The van der Waals surface area contributed by atoms with Gasteiger partial charge in [0.2, 0.25) is 0 Å². The first kappa shape index (κ1) is 15.9. The first-order valence-corrected chi connectivity index (χ1v) is 8.31. The number of nitrogens with zero attached hydrogens (tertiary/aromatic N) is 3. The molecule has 4 rings (SSSR count). The summed E-state index contributed by atoms with van der Waals surface area (Å²) < 4.78 is 13.6. The summed E-state index contributed by atoms with van der Waals surface area (Å²) in [6.07, 6.45) is 1.01. The summed E-state index contributed by atoms with van der Waals surface area (Å²) in [6.45, 7) is 0.919. The molecule has 0 saturated heterocycles. The summed E-state index contributed by atoms with van der Waals surface area (Å²) in [6, 6.07) is 22.4. The molecule has 3 aromatic carbocycles. The summed E-state index contributed by atoms with van der Waals surface area (Å²) in [5, 5.41) is 18.7. The highest BCUT2D eigenvalue weighted by Gasteiger charge is 2.20. The molecule has 0 aliphatic carbocycles. The van der Waals surface area contributed by atoms with Crippen molar-refractivity contribution in [1.29, 1.82) is 10.5 Å². The molecular weight excluding hydrogens is 325 g/mol. The Labute approximate surface area is 151 Å². The fourth-order valence-electron chi connectivity index (χ4n) is 3.51. The highest BCUT2D eigenvalue weighted by molar-refractivity contribution is 5.79. The van der Waals surface area contributed by atoms with Crippen LogP contribution in [-0.4, -0.2) is 6.54 Å². The van der Waals surface area contributed by atoms with Crippen molar-refractivity contribution in [1.82, 2.24) is 0 Å². The fourth-order valence-corrected chi connectivity index (χ4v) is 3.51. The Hall–Kier alpha value is -3.63. The van der Waals surface area contributed by atoms with Gasteiger partial charge < -0.3 is 4.90 Å². The molecule has 124 valence electrons. The van der Waals surface area contributed by atoms with E-state index in [9.17, 15) is 14.9 Å². The van der Waals surface area contributed by atoms with E-state index in [0.29, 0.717) is 5.56 Å². The van der Waals surface area contributed by atoms with Crippen LogP contribution >= 0.6 is 0 Å². The second-order valence-electron chi connectivity index (χ2n) is 6.18. The van der Waals surface area contributed by atoms with Gasteiger partial charge >= 0.3 is 0 Å². The number of hydrogen-bond donors (Lipinski definition) is 0. The minimum atomic E-state index is -0.577. The summed E-state index contributed by atoms with van der Waals surface area (Å²) in [7, 11) is 0. The molecule has 3 nitrogen and oxygen atoms in total. The van der Waals surface area contributed by atoms with E-state index in [0.717, 1.165) is 24.2 Å². The van der Waals surface area contributed by atoms with Gasteiger partial charge in [-0.2, -0.15) is 10.5 Å². The lowest BCUT2D eigenvalue weighted by Crippen LogP contribution is -2.12. The van der Waals surface area contributed by atoms with Gasteiger partial charge in [0.25, 0.3) is 0 Å². The third kappa shape index (κ3) is 2.59. The van der Waals surface area contributed by atoms with E-state index in [4.69, 9.17) is 0 Å². The van der Waals surface area contributed by atoms with E-state index in [1.165, 1.54) is 23.4 Å². The van der Waals surface area contributed by atoms with Crippen LogP contribution in [0.5, 0.6) is 0 Å². The van der Waals surface area contributed by atoms with Gasteiger partial charge in [-0.25, -0.2) is 4.39 Å². The quantitative estimate of drug-likeness (QED) is 0.665. The van der Waals surface area contributed by atoms with Gasteiger partial charge in [-0.05, 0) is 47.9 Å². The van der Waals surface area contributed by atoms with Crippen LogP contribution in [0.2, 0.25) is 0 Å². The summed E-state index contributed by atoms with van der Waals surface area (Å²) in [4.78, 5) is 2.25. The van der Waals surface area contributed by atoms with E-state index >= 15 is 0 Å². The Morgan fingerprint density at radius 3 is 2.19 bits per heavy atom. The molecule has 1 heterocycles. The second-order valence-corrected chi connectivity index (χ2v) is 6.18. The Bertz CT molecular complexity index is 1040. The van der Waals surface area contributed by atoms with Crippen molar-refractivity contribution in [3.8, 4) is 23.3 Å². The Morgan fingerprint density at radius 1 is 0.885 bits per heavy atom. The predicted octanol–water partition coefficient (Wildman–Crippen LogP) is 4.93. The van der Waals surface area contributed by atoms with Crippen molar-refractivity contribution in [3.63, 3.8) is 0 Å². The summed E-state index contributed by atoms with van der Waals surface area (Å²) in [5.41, 5.74) is 5.13. The zero-order valence-electron chi connectivity index (χ0n) is 13.9. The molecule has 0 fully saturated rings. The zero-order valence-corrected chi connectivity index (χ0v) is 13.9. The third-order valence-corrected chi connectivity index (χ3v) is 4.70. The number of rotatable bonds is 2. The van der Waals surface area contributed by atoms with Gasteiger partial charge in [0, 0.05) is 23.5 Å². The van der Waals surface area contributed by atoms with E-state index < -0.39 is 5.82 Å². The number of fused-ring (bicyclic) bond motifs is 1. The molecule has 26 heavy (non-hydrogen) atoms. The number of para-hydroxylation sites is 1. The summed E-state index contributed by atoms with van der Waals surface area (Å²) >= 11 is 0. The molecule has 0 N–H and O–H groups in total. The van der Waals surface area contributed by atoms with Gasteiger partial charge in [-0.3, -0.25) is 0 Å². The molecule has 0 unspecified atom stereocenters. The van der Waals surface area contributed by atoms with Crippen molar-refractivity contribution in [2.75, 3.05) is 11.4 Å². The van der Waals surface area contributed by atoms with Crippen LogP contribution in [0.1, 0.15) is 16.7 Å². The normalized spacial score (nSPS) is 12.3. The van der Waals surface area contributed by atoms with Crippen LogP contribution in [0, 0.1) is 28.5 Å². The lowest BCUT2D eigenvalue weighted by Gasteiger charge is -2.20. The molecule has 3 aromatic rings. The lowest BCUT2D eigenvalue weighted by molar-refractivity contribution is 0.627. The molecule has 0 saturated carbocycles. The highest BCUT2D eigenvalue weighted by Crippen LogP contribution is 2.36. The molecule has 0 atom stereocenters. The Kier molecular flexibility index (Phi) is 3.88. The van der Waals surface area contributed by atoms with E-state index in [-0.39, 0.29) is 11.1 Å². The van der Waals surface area contributed by atoms with Gasteiger partial charge in [0.1, 0.15) is 5.82 Å². The maximum Gasteiger partial charge on any atom is 0.125 e. The molecule has 0 aromatic heterocycles. The number of hydrogen-bond acceptors (Lipinski definition) is 3. The first-order valence-electron chi connectivity index (χ1n) is 8.31. The van der Waals surface area contributed by atoms with Crippen molar-refractivity contribution < 1.29 is 4.39 Å². The molecule has 4 heteroatoms. The number of anilines is 2. The van der Waals surface area contributed by atoms with Crippen LogP contribution < -0.4 is 4.90 Å². The van der Waals surface area contributed by atoms with Crippen LogP contribution in [0.3, 0.4) is 0 Å². The zero-order chi connectivity index (χ0) is 18.1. The highest BCUT2D eigenvalue weighted by atomic mass is 19.1. The van der Waals surface area contributed by atoms with Crippen molar-refractivity contribution in [3.05, 3.63) is 83.2 Å². The number of halogens is 1. The van der Waals surface area contributed by atoms with Crippen molar-refractivity contribution >= 4 is 11.4 Å². The molecule has 0 radical (unpaired) electrons. The average Bonchev–Trinajstić information content (AvgIpc) is 3.11. The van der Waals surface area contributed by atoms with E-state index in [1.54, 1.807) is 0 Å². The number of benzene rings is 3. The van der Waals surface area contributed by atoms with Crippen LogP contribution in [0.15, 0.2) is 60.7 Å². The Morgan fingerprint density at radius 2 is 1.54 bits per heavy atom. The molecule has 0 amide bonds. The van der Waals surface area contributed by atoms with Crippen molar-refractivity contribution in [2.24, 2.45) is 0 Å². The average molecular weight is 339 g/mol. The fraction of sp³-hybridized carbons (Fsp3) is 0.0909.